The molecular formula is C27H26N2O6. The number of carbonyl (C=O) groups is 3. The summed E-state index contributed by atoms with van der Waals surface area (Å²) in [6.07, 6.45) is 3.65. The molecule has 1 amide bonds. The maximum atomic E-state index is 13.5. The van der Waals surface area contributed by atoms with Crippen molar-refractivity contribution in [3.8, 4) is 17.2 Å². The fourth-order valence-electron chi connectivity index (χ4n) is 4.39. The number of nitrogens with zero attached hydrogens (tertiary/aromatic N) is 2. The van der Waals surface area contributed by atoms with Gasteiger partial charge in [0.15, 0.2) is 17.3 Å². The number of likely N-dealkylation sites (tertiary alicyclic amines) is 1. The Labute approximate surface area is 203 Å². The third-order valence-electron chi connectivity index (χ3n) is 6.16. The van der Waals surface area contributed by atoms with Crippen LogP contribution in [0.5, 0.6) is 17.2 Å². The van der Waals surface area contributed by atoms with Crippen LogP contribution in [0, 0.1) is 5.92 Å². The van der Waals surface area contributed by atoms with Gasteiger partial charge in [-0.25, -0.2) is 0 Å². The number of aromatic nitrogens is 1. The van der Waals surface area contributed by atoms with E-state index in [-0.39, 0.29) is 6.54 Å². The maximum Gasteiger partial charge on any atom is 0.291 e. The van der Waals surface area contributed by atoms with E-state index >= 15 is 0 Å². The van der Waals surface area contributed by atoms with E-state index in [4.69, 9.17) is 14.2 Å². The molecule has 0 aliphatic carbocycles. The zero-order valence-corrected chi connectivity index (χ0v) is 19.8. The van der Waals surface area contributed by atoms with Gasteiger partial charge >= 0.3 is 0 Å². The number of rotatable bonds is 9. The van der Waals surface area contributed by atoms with Gasteiger partial charge in [-0.05, 0) is 47.9 Å². The van der Waals surface area contributed by atoms with Crippen molar-refractivity contribution in [1.82, 2.24) is 9.88 Å². The van der Waals surface area contributed by atoms with Crippen LogP contribution in [0.3, 0.4) is 0 Å². The van der Waals surface area contributed by atoms with Gasteiger partial charge in [0.25, 0.3) is 5.91 Å². The van der Waals surface area contributed by atoms with Crippen LogP contribution in [-0.4, -0.2) is 55.2 Å². The molecule has 8 nitrogen and oxygen atoms in total. The van der Waals surface area contributed by atoms with Crippen LogP contribution in [0.4, 0.5) is 0 Å². The van der Waals surface area contributed by atoms with Crippen molar-refractivity contribution in [2.45, 2.75) is 12.5 Å². The van der Waals surface area contributed by atoms with Crippen molar-refractivity contribution in [3.63, 3.8) is 0 Å². The van der Waals surface area contributed by atoms with E-state index in [9.17, 15) is 14.4 Å². The highest BCUT2D eigenvalue weighted by Crippen LogP contribution is 2.38. The number of pyridine rings is 1. The lowest BCUT2D eigenvalue weighted by Gasteiger charge is -2.27. The summed E-state index contributed by atoms with van der Waals surface area (Å²) in [4.78, 5) is 45.5. The molecule has 2 atom stereocenters. The SMILES string of the molecule is COc1cccc(C(=O)C2C(=O)C(=O)N(CCc3ccc(OC)c(OC)c3)C2c2cccnc2)c1. The lowest BCUT2D eigenvalue weighted by Crippen LogP contribution is -2.32. The molecule has 2 unspecified atom stereocenters. The summed E-state index contributed by atoms with van der Waals surface area (Å²) in [6.45, 7) is 0.238. The Bertz CT molecular complexity index is 1240. The summed E-state index contributed by atoms with van der Waals surface area (Å²) in [5.74, 6) is -1.34. The molecule has 4 rings (SSSR count). The number of benzene rings is 2. The standard InChI is InChI=1S/C27H26N2O6/c1-33-20-8-4-6-18(15-20)25(30)23-24(19-7-5-12-28-16-19)29(27(32)26(23)31)13-11-17-9-10-21(34-2)22(14-17)35-3/h4-10,12,14-16,23-24H,11,13H2,1-3H3. The van der Waals surface area contributed by atoms with Crippen LogP contribution in [0.1, 0.15) is 27.5 Å². The van der Waals surface area contributed by atoms with Gasteiger partial charge in [-0.15, -0.1) is 0 Å². The molecule has 8 heteroatoms. The molecule has 1 aliphatic rings. The van der Waals surface area contributed by atoms with E-state index in [1.54, 1.807) is 69.1 Å². The van der Waals surface area contributed by atoms with Gasteiger partial charge in [-0.2, -0.15) is 0 Å². The minimum Gasteiger partial charge on any atom is -0.497 e. The average Bonchev–Trinajstić information content (AvgIpc) is 3.16. The molecule has 2 aromatic carbocycles. The number of methoxy groups -OCH3 is 3. The van der Waals surface area contributed by atoms with Crippen molar-refractivity contribution in [1.29, 1.82) is 0 Å². The van der Waals surface area contributed by atoms with Crippen LogP contribution < -0.4 is 14.2 Å². The normalized spacial score (nSPS) is 17.4. The molecule has 2 heterocycles. The minimum absolute atomic E-state index is 0.238. The lowest BCUT2D eigenvalue weighted by atomic mass is 9.86. The molecule has 0 N–H and O–H groups in total. The summed E-state index contributed by atoms with van der Waals surface area (Å²) >= 11 is 0. The van der Waals surface area contributed by atoms with E-state index in [1.807, 2.05) is 12.1 Å². The summed E-state index contributed by atoms with van der Waals surface area (Å²) in [6, 6.07) is 14.8. The van der Waals surface area contributed by atoms with E-state index in [0.717, 1.165) is 5.56 Å². The molecule has 0 radical (unpaired) electrons. The Hall–Kier alpha value is -4.20. The quantitative estimate of drug-likeness (QED) is 0.267. The van der Waals surface area contributed by atoms with E-state index in [2.05, 4.69) is 4.98 Å². The highest BCUT2D eigenvalue weighted by Gasteiger charge is 2.51. The molecule has 180 valence electrons. The van der Waals surface area contributed by atoms with Crippen molar-refractivity contribution in [2.75, 3.05) is 27.9 Å². The van der Waals surface area contributed by atoms with Gasteiger partial charge < -0.3 is 19.1 Å². The first kappa shape index (κ1) is 23.9. The number of carbonyl (C=O) groups excluding carboxylic acids is 3. The fraction of sp³-hybridized carbons (Fsp3) is 0.259. The molecule has 1 fully saturated rings. The first-order valence-corrected chi connectivity index (χ1v) is 11.1. The van der Waals surface area contributed by atoms with Crippen LogP contribution >= 0.6 is 0 Å². The Morgan fingerprint density at radius 3 is 2.43 bits per heavy atom. The van der Waals surface area contributed by atoms with E-state index < -0.39 is 29.4 Å². The Morgan fingerprint density at radius 1 is 0.943 bits per heavy atom. The number of ether oxygens (including phenoxy) is 3. The van der Waals surface area contributed by atoms with E-state index in [0.29, 0.717) is 34.8 Å². The van der Waals surface area contributed by atoms with Crippen LogP contribution in [0.25, 0.3) is 0 Å². The zero-order valence-electron chi connectivity index (χ0n) is 19.8. The predicted octanol–water partition coefficient (Wildman–Crippen LogP) is 3.30. The van der Waals surface area contributed by atoms with Crippen LogP contribution in [0.15, 0.2) is 67.0 Å². The third kappa shape index (κ3) is 4.73. The Morgan fingerprint density at radius 2 is 1.74 bits per heavy atom. The third-order valence-corrected chi connectivity index (χ3v) is 6.16. The highest BCUT2D eigenvalue weighted by molar-refractivity contribution is 6.44. The molecule has 0 bridgehead atoms. The average molecular weight is 475 g/mol. The highest BCUT2D eigenvalue weighted by atomic mass is 16.5. The number of hydrogen-bond acceptors (Lipinski definition) is 7. The molecule has 0 spiro atoms. The van der Waals surface area contributed by atoms with Gasteiger partial charge in [-0.3, -0.25) is 19.4 Å². The molecule has 3 aromatic rings. The molecule has 0 saturated carbocycles. The monoisotopic (exact) mass is 474 g/mol. The molecule has 35 heavy (non-hydrogen) atoms. The van der Waals surface area contributed by atoms with E-state index in [1.165, 1.54) is 12.0 Å². The first-order valence-electron chi connectivity index (χ1n) is 11.1. The second-order valence-electron chi connectivity index (χ2n) is 8.11. The second-order valence-corrected chi connectivity index (χ2v) is 8.11. The predicted molar refractivity (Wildman–Crippen MR) is 128 cm³/mol. The molecule has 1 saturated heterocycles. The van der Waals surface area contributed by atoms with Crippen molar-refractivity contribution in [3.05, 3.63) is 83.7 Å². The Kier molecular flexibility index (Phi) is 7.10. The number of hydrogen-bond donors (Lipinski definition) is 0. The first-order chi connectivity index (χ1) is 17.0. The summed E-state index contributed by atoms with van der Waals surface area (Å²) in [7, 11) is 4.61. The molecular weight excluding hydrogens is 448 g/mol. The summed E-state index contributed by atoms with van der Waals surface area (Å²) in [5, 5.41) is 0. The molecule has 1 aromatic heterocycles. The largest absolute Gasteiger partial charge is 0.497 e. The summed E-state index contributed by atoms with van der Waals surface area (Å²) in [5.41, 5.74) is 1.83. The fourth-order valence-corrected chi connectivity index (χ4v) is 4.39. The van der Waals surface area contributed by atoms with Gasteiger partial charge in [0.1, 0.15) is 11.7 Å². The maximum absolute atomic E-state index is 13.5. The smallest absolute Gasteiger partial charge is 0.291 e. The number of amides is 1. The van der Waals surface area contributed by atoms with Gasteiger partial charge in [0.2, 0.25) is 5.78 Å². The van der Waals surface area contributed by atoms with Gasteiger partial charge in [0, 0.05) is 24.5 Å². The number of ketones is 2. The van der Waals surface area contributed by atoms with Crippen LogP contribution in [0.2, 0.25) is 0 Å². The van der Waals surface area contributed by atoms with Gasteiger partial charge in [0.05, 0.1) is 27.4 Å². The van der Waals surface area contributed by atoms with Crippen molar-refractivity contribution >= 4 is 17.5 Å². The lowest BCUT2D eigenvalue weighted by molar-refractivity contribution is -0.140. The Balaban J connectivity index is 1.67. The van der Waals surface area contributed by atoms with Crippen molar-refractivity contribution in [2.24, 2.45) is 5.92 Å². The summed E-state index contributed by atoms with van der Waals surface area (Å²) < 4.78 is 15.9. The minimum atomic E-state index is -1.18. The van der Waals surface area contributed by atoms with Crippen molar-refractivity contribution < 1.29 is 28.6 Å². The van der Waals surface area contributed by atoms with Crippen LogP contribution in [-0.2, 0) is 16.0 Å². The number of Topliss-reactive ketones (excluding diaryl/α,β-unsaturated/α-hetero) is 2. The topological polar surface area (TPSA) is 95.0 Å². The zero-order chi connectivity index (χ0) is 24.9. The molecule has 1 aliphatic heterocycles. The second kappa shape index (κ2) is 10.4. The van der Waals surface area contributed by atoms with Gasteiger partial charge in [-0.1, -0.05) is 24.3 Å².